The van der Waals surface area contributed by atoms with Crippen LogP contribution in [0, 0.1) is 13.8 Å². The fraction of sp³-hybridized carbons (Fsp3) is 0.316. The number of aryl methyl sites for hydroxylation is 1. The molecule has 30 heavy (non-hydrogen) atoms. The first-order chi connectivity index (χ1) is 14.4. The van der Waals surface area contributed by atoms with Crippen LogP contribution in [0.1, 0.15) is 38.3 Å². The molecule has 0 spiro atoms. The number of ether oxygens (including phenoxy) is 1. The summed E-state index contributed by atoms with van der Waals surface area (Å²) in [6, 6.07) is 6.80. The molecular weight excluding hydrogens is 456 g/mol. The Labute approximate surface area is 181 Å². The number of hydrogen-bond acceptors (Lipinski definition) is 7. The smallest absolute Gasteiger partial charge is 0.316 e. The summed E-state index contributed by atoms with van der Waals surface area (Å²) >= 11 is 3.46. The summed E-state index contributed by atoms with van der Waals surface area (Å²) < 4.78 is 12.8. The second-order valence-electron chi connectivity index (χ2n) is 6.40. The van der Waals surface area contributed by atoms with E-state index in [0.29, 0.717) is 17.1 Å². The number of hydrogen-bond donors (Lipinski definition) is 2. The lowest BCUT2D eigenvalue weighted by molar-refractivity contribution is 0.0898. The lowest BCUT2D eigenvalue weighted by Gasteiger charge is -2.07. The van der Waals surface area contributed by atoms with E-state index < -0.39 is 5.91 Å². The zero-order chi connectivity index (χ0) is 21.7. The van der Waals surface area contributed by atoms with Crippen molar-refractivity contribution in [3.63, 3.8) is 0 Å². The second kappa shape index (κ2) is 9.53. The lowest BCUT2D eigenvalue weighted by Crippen LogP contribution is -2.34. The first-order valence-electron chi connectivity index (χ1n) is 9.11. The quantitative estimate of drug-likeness (QED) is 0.475. The first-order valence-corrected chi connectivity index (χ1v) is 9.91. The van der Waals surface area contributed by atoms with E-state index in [1.54, 1.807) is 28.9 Å². The summed E-state index contributed by atoms with van der Waals surface area (Å²) in [5.74, 6) is 0.00321. The number of carbonyl (C=O) groups is 2. The van der Waals surface area contributed by atoms with E-state index in [9.17, 15) is 9.59 Å². The minimum atomic E-state index is -0.515. The number of halogens is 1. The highest BCUT2D eigenvalue weighted by molar-refractivity contribution is 9.10. The van der Waals surface area contributed by atoms with Crippen molar-refractivity contribution >= 4 is 27.7 Å². The van der Waals surface area contributed by atoms with Crippen molar-refractivity contribution in [3.8, 4) is 5.75 Å². The van der Waals surface area contributed by atoms with Gasteiger partial charge >= 0.3 is 11.8 Å². The van der Waals surface area contributed by atoms with Crippen LogP contribution in [0.15, 0.2) is 33.3 Å². The third-order valence-electron chi connectivity index (χ3n) is 4.27. The van der Waals surface area contributed by atoms with Gasteiger partial charge in [0.25, 0.3) is 5.91 Å². The molecule has 0 bridgehead atoms. The molecule has 158 valence electrons. The molecule has 2 N–H and O–H groups in total. The third kappa shape index (κ3) is 5.03. The van der Waals surface area contributed by atoms with Crippen LogP contribution >= 0.6 is 15.9 Å². The monoisotopic (exact) mass is 476 g/mol. The molecule has 0 atom stereocenters. The van der Waals surface area contributed by atoms with Crippen LogP contribution in [0.25, 0.3) is 0 Å². The lowest BCUT2D eigenvalue weighted by atomic mass is 10.2. The molecule has 11 heteroatoms. The zero-order valence-corrected chi connectivity index (χ0v) is 18.3. The maximum Gasteiger partial charge on any atom is 0.316 e. The van der Waals surface area contributed by atoms with Gasteiger partial charge in [0.1, 0.15) is 12.3 Å². The van der Waals surface area contributed by atoms with Gasteiger partial charge in [-0.15, -0.1) is 0 Å². The highest BCUT2D eigenvalue weighted by Gasteiger charge is 2.17. The minimum Gasteiger partial charge on any atom is -0.497 e. The third-order valence-corrected chi connectivity index (χ3v) is 5.42. The van der Waals surface area contributed by atoms with Crippen molar-refractivity contribution in [1.82, 2.24) is 30.6 Å². The van der Waals surface area contributed by atoms with E-state index in [1.807, 2.05) is 13.8 Å². The van der Waals surface area contributed by atoms with E-state index in [1.165, 1.54) is 7.11 Å². The van der Waals surface area contributed by atoms with Crippen molar-refractivity contribution in [2.45, 2.75) is 20.4 Å². The predicted molar refractivity (Wildman–Crippen MR) is 110 cm³/mol. The van der Waals surface area contributed by atoms with Crippen LogP contribution in [0.4, 0.5) is 0 Å². The Bertz CT molecular complexity index is 1060. The second-order valence-corrected chi connectivity index (χ2v) is 7.19. The predicted octanol–water partition coefficient (Wildman–Crippen LogP) is 1.86. The molecule has 2 heterocycles. The van der Waals surface area contributed by atoms with Gasteiger partial charge in [-0.3, -0.25) is 14.3 Å². The molecule has 3 rings (SSSR count). The fourth-order valence-corrected chi connectivity index (χ4v) is 2.95. The van der Waals surface area contributed by atoms with Crippen molar-refractivity contribution < 1.29 is 18.8 Å². The van der Waals surface area contributed by atoms with Gasteiger partial charge in [0.05, 0.1) is 23.0 Å². The SMILES string of the molecule is COc1cccc(C(=O)NCCNC(=O)c2nc(Cn3nc(C)c(Br)c3C)no2)c1. The molecule has 0 aliphatic carbocycles. The molecule has 0 saturated carbocycles. The summed E-state index contributed by atoms with van der Waals surface area (Å²) in [5.41, 5.74) is 2.25. The van der Waals surface area contributed by atoms with E-state index in [0.717, 1.165) is 15.9 Å². The number of nitrogens with one attached hydrogen (secondary N) is 2. The van der Waals surface area contributed by atoms with E-state index >= 15 is 0 Å². The van der Waals surface area contributed by atoms with Gasteiger partial charge in [-0.05, 0) is 48.0 Å². The standard InChI is InChI=1S/C19H21BrN6O4/c1-11-16(20)12(2)26(24-11)10-15-23-19(30-25-15)18(28)22-8-7-21-17(27)13-5-4-6-14(9-13)29-3/h4-6,9H,7-8,10H2,1-3H3,(H,21,27)(H,22,28). The molecule has 0 saturated heterocycles. The number of aromatic nitrogens is 4. The Balaban J connectivity index is 1.47. The molecule has 1 aromatic carbocycles. The van der Waals surface area contributed by atoms with Gasteiger partial charge in [-0.25, -0.2) is 0 Å². The molecule has 2 amide bonds. The van der Waals surface area contributed by atoms with Crippen molar-refractivity contribution in [3.05, 3.63) is 57.4 Å². The van der Waals surface area contributed by atoms with E-state index in [-0.39, 0.29) is 31.4 Å². The molecular formula is C19H21BrN6O4. The van der Waals surface area contributed by atoms with Crippen molar-refractivity contribution in [2.75, 3.05) is 20.2 Å². The average Bonchev–Trinajstić information content (AvgIpc) is 3.31. The Morgan fingerprint density at radius 3 is 2.60 bits per heavy atom. The first kappa shape index (κ1) is 21.5. The Morgan fingerprint density at radius 1 is 1.20 bits per heavy atom. The topological polar surface area (TPSA) is 124 Å². The number of nitrogens with zero attached hydrogens (tertiary/aromatic N) is 4. The highest BCUT2D eigenvalue weighted by Crippen LogP contribution is 2.20. The van der Waals surface area contributed by atoms with Crippen molar-refractivity contribution in [2.24, 2.45) is 0 Å². The fourth-order valence-electron chi connectivity index (χ4n) is 2.67. The summed E-state index contributed by atoms with van der Waals surface area (Å²) in [6.45, 7) is 4.53. The van der Waals surface area contributed by atoms with Gasteiger partial charge in [0.2, 0.25) is 0 Å². The normalized spacial score (nSPS) is 10.7. The molecule has 0 radical (unpaired) electrons. The zero-order valence-electron chi connectivity index (χ0n) is 16.7. The summed E-state index contributed by atoms with van der Waals surface area (Å²) in [6.07, 6.45) is 0. The van der Waals surface area contributed by atoms with Crippen molar-refractivity contribution in [1.29, 1.82) is 0 Å². The largest absolute Gasteiger partial charge is 0.497 e. The minimum absolute atomic E-state index is 0.148. The molecule has 0 aliphatic rings. The van der Waals surface area contributed by atoms with Gasteiger partial charge in [0, 0.05) is 18.7 Å². The van der Waals surface area contributed by atoms with E-state index in [2.05, 4.69) is 41.8 Å². The number of methoxy groups -OCH3 is 1. The summed E-state index contributed by atoms with van der Waals surface area (Å²) in [5, 5.41) is 13.5. The molecule has 0 aliphatic heterocycles. The summed E-state index contributed by atoms with van der Waals surface area (Å²) in [4.78, 5) is 28.4. The number of amides is 2. The van der Waals surface area contributed by atoms with Gasteiger partial charge in [-0.2, -0.15) is 10.1 Å². The molecule has 10 nitrogen and oxygen atoms in total. The molecule has 2 aromatic heterocycles. The van der Waals surface area contributed by atoms with Crippen LogP contribution in [0.3, 0.4) is 0 Å². The molecule has 3 aromatic rings. The summed E-state index contributed by atoms with van der Waals surface area (Å²) in [7, 11) is 1.53. The van der Waals surface area contributed by atoms with Crippen LogP contribution in [-0.2, 0) is 6.54 Å². The van der Waals surface area contributed by atoms with E-state index in [4.69, 9.17) is 9.26 Å². The van der Waals surface area contributed by atoms with Gasteiger partial charge < -0.3 is 19.9 Å². The highest BCUT2D eigenvalue weighted by atomic mass is 79.9. The van der Waals surface area contributed by atoms with Gasteiger partial charge in [-0.1, -0.05) is 11.2 Å². The van der Waals surface area contributed by atoms with Crippen LogP contribution in [0.2, 0.25) is 0 Å². The molecule has 0 unspecified atom stereocenters. The molecule has 0 fully saturated rings. The van der Waals surface area contributed by atoms with Crippen LogP contribution < -0.4 is 15.4 Å². The van der Waals surface area contributed by atoms with Gasteiger partial charge in [0.15, 0.2) is 5.82 Å². The maximum absolute atomic E-state index is 12.2. The Kier molecular flexibility index (Phi) is 6.83. The average molecular weight is 477 g/mol. The van der Waals surface area contributed by atoms with Crippen LogP contribution in [0.5, 0.6) is 5.75 Å². The number of benzene rings is 1. The maximum atomic E-state index is 12.2. The Hall–Kier alpha value is -3.21. The number of carbonyl (C=O) groups excluding carboxylic acids is 2. The number of rotatable bonds is 8. The Morgan fingerprint density at radius 2 is 1.93 bits per heavy atom. The van der Waals surface area contributed by atoms with Crippen LogP contribution in [-0.4, -0.2) is 51.9 Å².